The van der Waals surface area contributed by atoms with Gasteiger partial charge in [-0.25, -0.2) is 0 Å². The second-order valence-corrected chi connectivity index (χ2v) is 6.47. The fourth-order valence-corrected chi connectivity index (χ4v) is 2.81. The molecule has 114 valence electrons. The van der Waals surface area contributed by atoms with Crippen molar-refractivity contribution in [3.63, 3.8) is 0 Å². The van der Waals surface area contributed by atoms with Crippen LogP contribution in [0.5, 0.6) is 0 Å². The van der Waals surface area contributed by atoms with Gasteiger partial charge in [-0.15, -0.1) is 11.3 Å². The van der Waals surface area contributed by atoms with Crippen molar-refractivity contribution < 1.29 is 0 Å². The van der Waals surface area contributed by atoms with Crippen LogP contribution in [-0.4, -0.2) is 0 Å². The van der Waals surface area contributed by atoms with E-state index in [0.29, 0.717) is 0 Å². The minimum absolute atomic E-state index is 1.02. The average molecular weight is 301 g/mol. The van der Waals surface area contributed by atoms with Crippen molar-refractivity contribution in [3.8, 4) is 23.7 Å². The maximum atomic E-state index is 3.28. The molecule has 0 amide bonds. The Morgan fingerprint density at radius 1 is 0.714 bits per heavy atom. The lowest BCUT2D eigenvalue weighted by molar-refractivity contribution is 0.679. The van der Waals surface area contributed by atoms with Crippen LogP contribution in [0.2, 0.25) is 0 Å². The predicted octanol–water partition coefficient (Wildman–Crippen LogP) is 6.39. The van der Waals surface area contributed by atoms with Crippen molar-refractivity contribution in [2.75, 3.05) is 0 Å². The molecule has 0 aliphatic rings. The summed E-state index contributed by atoms with van der Waals surface area (Å²) in [5.41, 5.74) is 0. The van der Waals surface area contributed by atoms with Crippen molar-refractivity contribution in [2.45, 2.75) is 78.1 Å². The zero-order valence-electron chi connectivity index (χ0n) is 13.6. The second-order valence-electron chi connectivity index (χ2n) is 5.39. The Kier molecular flexibility index (Phi) is 10.7. The highest BCUT2D eigenvalue weighted by Gasteiger charge is 1.93. The lowest BCUT2D eigenvalue weighted by Crippen LogP contribution is -1.74. The van der Waals surface area contributed by atoms with Crippen molar-refractivity contribution >= 4 is 11.3 Å². The Balaban J connectivity index is 2.26. The molecule has 0 bridgehead atoms. The van der Waals surface area contributed by atoms with Gasteiger partial charge in [0.2, 0.25) is 0 Å². The first-order valence-electron chi connectivity index (χ1n) is 8.44. The highest BCUT2D eigenvalue weighted by atomic mass is 32.1. The van der Waals surface area contributed by atoms with Gasteiger partial charge in [-0.05, 0) is 25.0 Å². The summed E-state index contributed by atoms with van der Waals surface area (Å²) in [6, 6.07) is 4.20. The SMILES string of the molecule is CCCCCCC#Cc1ccc(C#CCCCCCC)s1. The third-order valence-corrected chi connectivity index (χ3v) is 4.26. The highest BCUT2D eigenvalue weighted by molar-refractivity contribution is 7.13. The highest BCUT2D eigenvalue weighted by Crippen LogP contribution is 2.14. The van der Waals surface area contributed by atoms with Gasteiger partial charge in [0.15, 0.2) is 0 Å². The Morgan fingerprint density at radius 3 is 1.62 bits per heavy atom. The number of hydrogen-bond acceptors (Lipinski definition) is 1. The molecule has 1 heterocycles. The molecule has 1 aromatic rings. The average Bonchev–Trinajstić information content (AvgIpc) is 2.94. The summed E-state index contributed by atoms with van der Waals surface area (Å²) in [4.78, 5) is 2.31. The summed E-state index contributed by atoms with van der Waals surface area (Å²) in [5, 5.41) is 0. The first-order chi connectivity index (χ1) is 10.4. The lowest BCUT2D eigenvalue weighted by atomic mass is 10.1. The van der Waals surface area contributed by atoms with Crippen LogP contribution in [-0.2, 0) is 0 Å². The van der Waals surface area contributed by atoms with Crippen LogP contribution >= 0.6 is 11.3 Å². The molecule has 0 aromatic carbocycles. The van der Waals surface area contributed by atoms with E-state index in [2.05, 4.69) is 49.7 Å². The predicted molar refractivity (Wildman–Crippen MR) is 95.6 cm³/mol. The summed E-state index contributed by atoms with van der Waals surface area (Å²) in [6.45, 7) is 4.48. The smallest absolute Gasteiger partial charge is 0.0781 e. The molecule has 0 aliphatic heterocycles. The van der Waals surface area contributed by atoms with Gasteiger partial charge in [0.25, 0.3) is 0 Å². The molecule has 0 saturated carbocycles. The molecular weight excluding hydrogens is 272 g/mol. The van der Waals surface area contributed by atoms with Crippen LogP contribution in [0.3, 0.4) is 0 Å². The zero-order chi connectivity index (χ0) is 15.2. The van der Waals surface area contributed by atoms with Gasteiger partial charge >= 0.3 is 0 Å². The largest absolute Gasteiger partial charge is 0.118 e. The number of thiophene rings is 1. The number of rotatable bonds is 8. The van der Waals surface area contributed by atoms with Gasteiger partial charge < -0.3 is 0 Å². The lowest BCUT2D eigenvalue weighted by Gasteiger charge is -1.91. The molecule has 21 heavy (non-hydrogen) atoms. The Labute approximate surface area is 135 Å². The van der Waals surface area contributed by atoms with Gasteiger partial charge in [0.1, 0.15) is 0 Å². The molecule has 0 aliphatic carbocycles. The van der Waals surface area contributed by atoms with Crippen LogP contribution in [0.1, 0.15) is 87.8 Å². The fraction of sp³-hybridized carbons (Fsp3) is 0.600. The molecule has 0 unspecified atom stereocenters. The molecule has 0 saturated heterocycles. The molecule has 0 nitrogen and oxygen atoms in total. The minimum Gasteiger partial charge on any atom is -0.118 e. The molecule has 1 rings (SSSR count). The fourth-order valence-electron chi connectivity index (χ4n) is 2.05. The maximum Gasteiger partial charge on any atom is 0.0781 e. The van der Waals surface area contributed by atoms with Crippen LogP contribution in [0.25, 0.3) is 0 Å². The first-order valence-corrected chi connectivity index (χ1v) is 9.26. The van der Waals surface area contributed by atoms with Gasteiger partial charge in [0, 0.05) is 12.8 Å². The van der Waals surface area contributed by atoms with Crippen molar-refractivity contribution in [3.05, 3.63) is 21.9 Å². The summed E-state index contributed by atoms with van der Waals surface area (Å²) in [5.74, 6) is 13.1. The minimum atomic E-state index is 1.02. The van der Waals surface area contributed by atoms with E-state index < -0.39 is 0 Å². The zero-order valence-corrected chi connectivity index (χ0v) is 14.5. The van der Waals surface area contributed by atoms with Gasteiger partial charge in [0.05, 0.1) is 9.75 Å². The van der Waals surface area contributed by atoms with Crippen LogP contribution in [0.4, 0.5) is 0 Å². The van der Waals surface area contributed by atoms with E-state index in [1.54, 1.807) is 11.3 Å². The third-order valence-electron chi connectivity index (χ3n) is 3.34. The van der Waals surface area contributed by atoms with E-state index in [1.165, 1.54) is 51.4 Å². The van der Waals surface area contributed by atoms with Crippen LogP contribution < -0.4 is 0 Å². The first kappa shape index (κ1) is 17.9. The summed E-state index contributed by atoms with van der Waals surface area (Å²) in [6.07, 6.45) is 12.4. The van der Waals surface area contributed by atoms with E-state index in [1.807, 2.05) is 0 Å². The summed E-state index contributed by atoms with van der Waals surface area (Å²) in [7, 11) is 0. The number of unbranched alkanes of at least 4 members (excludes halogenated alkanes) is 8. The topological polar surface area (TPSA) is 0 Å². The summed E-state index contributed by atoms with van der Waals surface area (Å²) < 4.78 is 0. The third kappa shape index (κ3) is 9.38. The van der Waals surface area contributed by atoms with Gasteiger partial charge in [-0.2, -0.15) is 0 Å². The Morgan fingerprint density at radius 2 is 1.19 bits per heavy atom. The van der Waals surface area contributed by atoms with Gasteiger partial charge in [-0.1, -0.05) is 76.1 Å². The van der Waals surface area contributed by atoms with E-state index >= 15 is 0 Å². The van der Waals surface area contributed by atoms with E-state index in [4.69, 9.17) is 0 Å². The molecule has 0 spiro atoms. The second kappa shape index (κ2) is 12.6. The molecule has 0 N–H and O–H groups in total. The molecule has 1 heteroatoms. The molecular formula is C20H28S. The van der Waals surface area contributed by atoms with Crippen LogP contribution in [0, 0.1) is 23.7 Å². The molecule has 1 aromatic heterocycles. The van der Waals surface area contributed by atoms with Crippen molar-refractivity contribution in [1.29, 1.82) is 0 Å². The molecule has 0 radical (unpaired) electrons. The van der Waals surface area contributed by atoms with Gasteiger partial charge in [-0.3, -0.25) is 0 Å². The van der Waals surface area contributed by atoms with E-state index in [9.17, 15) is 0 Å². The standard InChI is InChI=1S/C20H28S/c1-3-5-7-9-11-13-15-19-17-18-20(21-19)16-14-12-10-8-6-4-2/h17-18H,3-12H2,1-2H3. The monoisotopic (exact) mass is 300 g/mol. The quantitative estimate of drug-likeness (QED) is 0.385. The molecule has 0 atom stereocenters. The van der Waals surface area contributed by atoms with Crippen LogP contribution in [0.15, 0.2) is 12.1 Å². The van der Waals surface area contributed by atoms with E-state index in [0.717, 1.165) is 22.6 Å². The Bertz CT molecular complexity index is 443. The van der Waals surface area contributed by atoms with Crippen molar-refractivity contribution in [1.82, 2.24) is 0 Å². The van der Waals surface area contributed by atoms with Crippen molar-refractivity contribution in [2.24, 2.45) is 0 Å². The Hall–Kier alpha value is -1.18. The number of hydrogen-bond donors (Lipinski definition) is 0. The normalized spacial score (nSPS) is 9.62. The maximum absolute atomic E-state index is 3.28. The molecule has 0 fully saturated rings. The van der Waals surface area contributed by atoms with E-state index in [-0.39, 0.29) is 0 Å². The summed E-state index contributed by atoms with van der Waals surface area (Å²) >= 11 is 1.72.